The van der Waals surface area contributed by atoms with Crippen molar-refractivity contribution in [3.05, 3.63) is 34.9 Å². The number of nitrogens with one attached hydrogen (secondary N) is 1. The fourth-order valence-electron chi connectivity index (χ4n) is 2.70. The molecule has 1 aromatic carbocycles. The molecule has 0 spiro atoms. The lowest BCUT2D eigenvalue weighted by Crippen LogP contribution is -2.44. The van der Waals surface area contributed by atoms with Crippen LogP contribution < -0.4 is 11.1 Å². The molecule has 2 atom stereocenters. The summed E-state index contributed by atoms with van der Waals surface area (Å²) >= 11 is 6.33. The van der Waals surface area contributed by atoms with E-state index in [1.54, 1.807) is 0 Å². The third kappa shape index (κ3) is 3.51. The molecule has 110 valence electrons. The zero-order chi connectivity index (χ0) is 14.5. The Labute approximate surface area is 125 Å². The lowest BCUT2D eigenvalue weighted by Gasteiger charge is -2.34. The molecule has 0 saturated carbocycles. The number of hydrogen-bond donors (Lipinski definition) is 2. The number of nitrogens with two attached hydrogens (primary N) is 1. The number of carbonyl (C=O) groups is 1. The van der Waals surface area contributed by atoms with Crippen LogP contribution in [0.4, 0.5) is 0 Å². The van der Waals surface area contributed by atoms with Crippen molar-refractivity contribution in [2.45, 2.75) is 31.8 Å². The highest BCUT2D eigenvalue weighted by molar-refractivity contribution is 6.31. The third-order valence-electron chi connectivity index (χ3n) is 3.79. The highest BCUT2D eigenvalue weighted by atomic mass is 35.5. The molecule has 1 saturated heterocycles. The quantitative estimate of drug-likeness (QED) is 0.892. The molecule has 0 aliphatic carbocycles. The second-order valence-corrected chi connectivity index (χ2v) is 5.62. The molecule has 3 N–H and O–H groups in total. The summed E-state index contributed by atoms with van der Waals surface area (Å²) in [7, 11) is 0. The van der Waals surface area contributed by atoms with Crippen LogP contribution in [0.25, 0.3) is 0 Å². The highest BCUT2D eigenvalue weighted by Gasteiger charge is 2.29. The van der Waals surface area contributed by atoms with Crippen LogP contribution in [0.2, 0.25) is 5.02 Å². The molecule has 1 amide bonds. The first-order valence-electron chi connectivity index (χ1n) is 7.14. The number of amides is 1. The standard InChI is InChI=1S/C15H22ClN3O/c1-2-13(17)15(11-6-3-4-7-12(11)16)19-9-5-8-18-14(20)10-19/h3-4,6-7,13,15H,2,5,8-10,17H2,1H3,(H,18,20). The van der Waals surface area contributed by atoms with E-state index >= 15 is 0 Å². The van der Waals surface area contributed by atoms with Crippen LogP contribution in [0, 0.1) is 0 Å². The minimum Gasteiger partial charge on any atom is -0.355 e. The molecule has 2 rings (SSSR count). The van der Waals surface area contributed by atoms with Crippen LogP contribution >= 0.6 is 11.6 Å². The van der Waals surface area contributed by atoms with Crippen molar-refractivity contribution in [3.63, 3.8) is 0 Å². The Balaban J connectivity index is 2.32. The lowest BCUT2D eigenvalue weighted by molar-refractivity contribution is -0.122. The summed E-state index contributed by atoms with van der Waals surface area (Å²) in [4.78, 5) is 13.9. The molecule has 1 aliphatic rings. The van der Waals surface area contributed by atoms with E-state index in [9.17, 15) is 4.79 Å². The Hall–Kier alpha value is -1.10. The number of benzene rings is 1. The van der Waals surface area contributed by atoms with Crippen LogP contribution in [0.3, 0.4) is 0 Å². The minimum atomic E-state index is -0.0409. The van der Waals surface area contributed by atoms with E-state index in [1.165, 1.54) is 0 Å². The molecule has 1 heterocycles. The van der Waals surface area contributed by atoms with E-state index in [2.05, 4.69) is 17.1 Å². The fourth-order valence-corrected chi connectivity index (χ4v) is 2.95. The molecule has 0 radical (unpaired) electrons. The summed E-state index contributed by atoms with van der Waals surface area (Å²) in [5.41, 5.74) is 7.33. The average Bonchev–Trinajstić information content (AvgIpc) is 2.65. The molecule has 0 bridgehead atoms. The topological polar surface area (TPSA) is 58.4 Å². The van der Waals surface area contributed by atoms with Crippen molar-refractivity contribution < 1.29 is 4.79 Å². The predicted molar refractivity (Wildman–Crippen MR) is 81.7 cm³/mol. The van der Waals surface area contributed by atoms with Gasteiger partial charge < -0.3 is 11.1 Å². The van der Waals surface area contributed by atoms with Gasteiger partial charge in [-0.3, -0.25) is 9.69 Å². The van der Waals surface area contributed by atoms with Crippen LogP contribution in [0.1, 0.15) is 31.4 Å². The van der Waals surface area contributed by atoms with Gasteiger partial charge in [0.2, 0.25) is 5.91 Å². The Morgan fingerprint density at radius 2 is 2.20 bits per heavy atom. The summed E-state index contributed by atoms with van der Waals surface area (Å²) in [5.74, 6) is 0.0582. The third-order valence-corrected chi connectivity index (χ3v) is 4.13. The average molecular weight is 296 g/mol. The Kier molecular flexibility index (Phi) is 5.40. The molecular weight excluding hydrogens is 274 g/mol. The maximum Gasteiger partial charge on any atom is 0.234 e. The molecule has 20 heavy (non-hydrogen) atoms. The highest BCUT2D eigenvalue weighted by Crippen LogP contribution is 2.31. The van der Waals surface area contributed by atoms with Crippen molar-refractivity contribution in [1.82, 2.24) is 10.2 Å². The van der Waals surface area contributed by atoms with Gasteiger partial charge in [-0.05, 0) is 24.5 Å². The van der Waals surface area contributed by atoms with Crippen molar-refractivity contribution in [3.8, 4) is 0 Å². The van der Waals surface area contributed by atoms with Gasteiger partial charge in [-0.1, -0.05) is 36.7 Å². The monoisotopic (exact) mass is 295 g/mol. The molecule has 2 unspecified atom stereocenters. The van der Waals surface area contributed by atoms with Gasteiger partial charge in [-0.25, -0.2) is 0 Å². The van der Waals surface area contributed by atoms with E-state index in [1.807, 2.05) is 24.3 Å². The predicted octanol–water partition coefficient (Wildman–Crippen LogP) is 1.94. The van der Waals surface area contributed by atoms with Gasteiger partial charge in [0.25, 0.3) is 0 Å². The van der Waals surface area contributed by atoms with E-state index < -0.39 is 0 Å². The summed E-state index contributed by atoms with van der Waals surface area (Å²) in [6, 6.07) is 7.71. The fraction of sp³-hybridized carbons (Fsp3) is 0.533. The smallest absolute Gasteiger partial charge is 0.234 e. The van der Waals surface area contributed by atoms with Crippen molar-refractivity contribution in [2.24, 2.45) is 5.73 Å². The van der Waals surface area contributed by atoms with Gasteiger partial charge in [0, 0.05) is 24.2 Å². The van der Waals surface area contributed by atoms with Crippen LogP contribution in [0.15, 0.2) is 24.3 Å². The summed E-state index contributed by atoms with van der Waals surface area (Å²) in [5, 5.41) is 3.61. The first-order valence-corrected chi connectivity index (χ1v) is 7.52. The SMILES string of the molecule is CCC(N)C(c1ccccc1Cl)N1CCCNC(=O)C1. The number of carbonyl (C=O) groups excluding carboxylic acids is 1. The van der Waals surface area contributed by atoms with Crippen LogP contribution in [-0.4, -0.2) is 36.5 Å². The van der Waals surface area contributed by atoms with Gasteiger partial charge in [0.1, 0.15) is 0 Å². The number of rotatable bonds is 4. The number of hydrogen-bond acceptors (Lipinski definition) is 3. The van der Waals surface area contributed by atoms with E-state index in [0.717, 1.165) is 31.5 Å². The molecule has 4 nitrogen and oxygen atoms in total. The zero-order valence-electron chi connectivity index (χ0n) is 11.8. The first kappa shape index (κ1) is 15.3. The normalized spacial score (nSPS) is 20.1. The first-order chi connectivity index (χ1) is 9.63. The molecular formula is C15H22ClN3O. The largest absolute Gasteiger partial charge is 0.355 e. The molecule has 5 heteroatoms. The molecule has 1 aliphatic heterocycles. The summed E-state index contributed by atoms with van der Waals surface area (Å²) < 4.78 is 0. The minimum absolute atomic E-state index is 0.0162. The van der Waals surface area contributed by atoms with E-state index in [0.29, 0.717) is 11.6 Å². The van der Waals surface area contributed by atoms with E-state index in [-0.39, 0.29) is 18.0 Å². The Morgan fingerprint density at radius 1 is 1.45 bits per heavy atom. The van der Waals surface area contributed by atoms with Crippen LogP contribution in [-0.2, 0) is 4.79 Å². The summed E-state index contributed by atoms with van der Waals surface area (Å²) in [6.07, 6.45) is 1.77. The lowest BCUT2D eigenvalue weighted by atomic mass is 9.96. The molecule has 1 aromatic rings. The maximum atomic E-state index is 11.8. The van der Waals surface area contributed by atoms with Gasteiger partial charge in [0.05, 0.1) is 12.6 Å². The van der Waals surface area contributed by atoms with Gasteiger partial charge in [-0.2, -0.15) is 0 Å². The van der Waals surface area contributed by atoms with Crippen molar-refractivity contribution in [1.29, 1.82) is 0 Å². The Bertz CT molecular complexity index is 466. The van der Waals surface area contributed by atoms with Gasteiger partial charge in [-0.15, -0.1) is 0 Å². The molecule has 0 aromatic heterocycles. The van der Waals surface area contributed by atoms with Crippen molar-refractivity contribution in [2.75, 3.05) is 19.6 Å². The maximum absolute atomic E-state index is 11.8. The molecule has 1 fully saturated rings. The second-order valence-electron chi connectivity index (χ2n) is 5.21. The summed E-state index contributed by atoms with van der Waals surface area (Å²) in [6.45, 7) is 4.02. The van der Waals surface area contributed by atoms with Crippen LogP contribution in [0.5, 0.6) is 0 Å². The number of nitrogens with zero attached hydrogens (tertiary/aromatic N) is 1. The Morgan fingerprint density at radius 3 is 2.90 bits per heavy atom. The van der Waals surface area contributed by atoms with Gasteiger partial charge in [0.15, 0.2) is 0 Å². The van der Waals surface area contributed by atoms with Gasteiger partial charge >= 0.3 is 0 Å². The second kappa shape index (κ2) is 7.07. The zero-order valence-corrected chi connectivity index (χ0v) is 12.6. The van der Waals surface area contributed by atoms with Crippen molar-refractivity contribution >= 4 is 17.5 Å². The van der Waals surface area contributed by atoms with E-state index in [4.69, 9.17) is 17.3 Å². The number of halogens is 1.